The number of nitrogens with two attached hydrogens (primary N) is 1. The zero-order valence-corrected chi connectivity index (χ0v) is 9.16. The predicted molar refractivity (Wildman–Crippen MR) is 55.6 cm³/mol. The van der Waals surface area contributed by atoms with Crippen LogP contribution in [0.2, 0.25) is 0 Å². The lowest BCUT2D eigenvalue weighted by Crippen LogP contribution is -2.31. The summed E-state index contributed by atoms with van der Waals surface area (Å²) in [5.74, 6) is 4.45. The first-order chi connectivity index (χ1) is 8.40. The lowest BCUT2D eigenvalue weighted by Gasteiger charge is -2.09. The van der Waals surface area contributed by atoms with Crippen LogP contribution >= 0.6 is 0 Å². The molecule has 0 radical (unpaired) electrons. The summed E-state index contributed by atoms with van der Waals surface area (Å²) >= 11 is 0. The molecule has 18 heavy (non-hydrogen) atoms. The van der Waals surface area contributed by atoms with Gasteiger partial charge in [0.1, 0.15) is 11.5 Å². The largest absolute Gasteiger partial charge is 0.573 e. The lowest BCUT2D eigenvalue weighted by molar-refractivity contribution is -0.274. The molecule has 0 atom stereocenters. The Morgan fingerprint density at radius 1 is 1.22 bits per heavy atom. The summed E-state index contributed by atoms with van der Waals surface area (Å²) in [5, 5.41) is 0. The van der Waals surface area contributed by atoms with E-state index < -0.39 is 12.3 Å². The second-order valence-electron chi connectivity index (χ2n) is 3.19. The Morgan fingerprint density at radius 2 is 1.78 bits per heavy atom. The third kappa shape index (κ3) is 5.39. The van der Waals surface area contributed by atoms with Crippen molar-refractivity contribution in [2.75, 3.05) is 6.61 Å². The molecule has 5 nitrogen and oxygen atoms in total. The maximum atomic E-state index is 11.9. The van der Waals surface area contributed by atoms with Gasteiger partial charge in [-0.1, -0.05) is 0 Å². The summed E-state index contributed by atoms with van der Waals surface area (Å²) < 4.78 is 44.4. The van der Waals surface area contributed by atoms with Gasteiger partial charge in [-0.25, -0.2) is 5.84 Å². The van der Waals surface area contributed by atoms with Gasteiger partial charge in [-0.15, -0.1) is 13.2 Å². The molecule has 1 aromatic carbocycles. The zero-order chi connectivity index (χ0) is 13.6. The molecule has 0 unspecified atom stereocenters. The molecule has 0 aliphatic rings. The summed E-state index contributed by atoms with van der Waals surface area (Å²) in [5.41, 5.74) is 1.92. The molecule has 0 heterocycles. The number of rotatable bonds is 5. The van der Waals surface area contributed by atoms with Crippen molar-refractivity contribution in [2.24, 2.45) is 5.84 Å². The van der Waals surface area contributed by atoms with Gasteiger partial charge in [0, 0.05) is 0 Å². The van der Waals surface area contributed by atoms with Crippen molar-refractivity contribution in [3.8, 4) is 11.5 Å². The number of ether oxygens (including phenoxy) is 2. The summed E-state index contributed by atoms with van der Waals surface area (Å²) in [6.07, 6.45) is -4.67. The Kier molecular flexibility index (Phi) is 4.78. The van der Waals surface area contributed by atoms with E-state index in [1.165, 1.54) is 12.1 Å². The number of nitrogens with one attached hydrogen (secondary N) is 1. The average molecular weight is 264 g/mol. The van der Waals surface area contributed by atoms with Crippen LogP contribution in [-0.2, 0) is 4.79 Å². The highest BCUT2D eigenvalue weighted by atomic mass is 19.4. The van der Waals surface area contributed by atoms with Gasteiger partial charge in [0.25, 0.3) is 0 Å². The maximum Gasteiger partial charge on any atom is 0.573 e. The standard InChI is InChI=1S/C10H11F3N2O3/c11-10(12,13)18-8-3-1-7(2-4-8)17-6-5-9(16)15-14/h1-4H,5-6,14H2,(H,15,16). The van der Waals surface area contributed by atoms with Crippen LogP contribution < -0.4 is 20.7 Å². The van der Waals surface area contributed by atoms with E-state index in [1.54, 1.807) is 0 Å². The van der Waals surface area contributed by atoms with E-state index in [2.05, 4.69) is 4.74 Å². The minimum atomic E-state index is -4.72. The fraction of sp³-hybridized carbons (Fsp3) is 0.300. The highest BCUT2D eigenvalue weighted by Gasteiger charge is 2.30. The van der Waals surface area contributed by atoms with Crippen LogP contribution in [0.25, 0.3) is 0 Å². The van der Waals surface area contributed by atoms with Crippen LogP contribution in [0.4, 0.5) is 13.2 Å². The van der Waals surface area contributed by atoms with E-state index in [9.17, 15) is 18.0 Å². The van der Waals surface area contributed by atoms with Crippen LogP contribution in [0, 0.1) is 0 Å². The minimum Gasteiger partial charge on any atom is -0.493 e. The molecule has 1 amide bonds. The van der Waals surface area contributed by atoms with Crippen molar-refractivity contribution < 1.29 is 27.4 Å². The number of hydrazine groups is 1. The Bertz CT molecular complexity index is 392. The van der Waals surface area contributed by atoms with Crippen molar-refractivity contribution in [1.29, 1.82) is 0 Å². The van der Waals surface area contributed by atoms with Crippen LogP contribution in [0.15, 0.2) is 24.3 Å². The molecule has 0 aromatic heterocycles. The van der Waals surface area contributed by atoms with Gasteiger partial charge in [-0.2, -0.15) is 0 Å². The van der Waals surface area contributed by atoms with Gasteiger partial charge in [0.05, 0.1) is 13.0 Å². The number of carbonyl (C=O) groups excluding carboxylic acids is 1. The van der Waals surface area contributed by atoms with Crippen LogP contribution in [-0.4, -0.2) is 18.9 Å². The number of hydrogen-bond acceptors (Lipinski definition) is 4. The fourth-order valence-corrected chi connectivity index (χ4v) is 1.07. The topological polar surface area (TPSA) is 73.6 Å². The second kappa shape index (κ2) is 6.10. The molecule has 1 aromatic rings. The molecule has 0 aliphatic heterocycles. The Morgan fingerprint density at radius 3 is 2.28 bits per heavy atom. The van der Waals surface area contributed by atoms with Gasteiger partial charge >= 0.3 is 6.36 Å². The van der Waals surface area contributed by atoms with Gasteiger partial charge in [-0.3, -0.25) is 10.2 Å². The summed E-state index contributed by atoms with van der Waals surface area (Å²) in [6, 6.07) is 4.85. The minimum absolute atomic E-state index is 0.0529. The third-order valence-corrected chi connectivity index (χ3v) is 1.82. The van der Waals surface area contributed by atoms with Crippen LogP contribution in [0.3, 0.4) is 0 Å². The highest BCUT2D eigenvalue weighted by Crippen LogP contribution is 2.24. The van der Waals surface area contributed by atoms with E-state index in [0.29, 0.717) is 5.75 Å². The second-order valence-corrected chi connectivity index (χ2v) is 3.19. The van der Waals surface area contributed by atoms with Gasteiger partial charge < -0.3 is 9.47 Å². The molecule has 0 saturated heterocycles. The number of benzene rings is 1. The van der Waals surface area contributed by atoms with E-state index in [4.69, 9.17) is 10.6 Å². The number of halogens is 3. The molecular weight excluding hydrogens is 253 g/mol. The molecule has 3 N–H and O–H groups in total. The van der Waals surface area contributed by atoms with Crippen molar-refractivity contribution in [3.05, 3.63) is 24.3 Å². The first-order valence-electron chi connectivity index (χ1n) is 4.89. The Labute approximate surface area is 101 Å². The van der Waals surface area contributed by atoms with E-state index in [1.807, 2.05) is 5.43 Å². The maximum absolute atomic E-state index is 11.9. The molecule has 0 saturated carbocycles. The molecule has 0 fully saturated rings. The fourth-order valence-electron chi connectivity index (χ4n) is 1.07. The Hall–Kier alpha value is -1.96. The van der Waals surface area contributed by atoms with E-state index in [-0.39, 0.29) is 18.8 Å². The van der Waals surface area contributed by atoms with Crippen molar-refractivity contribution in [2.45, 2.75) is 12.8 Å². The first-order valence-corrected chi connectivity index (χ1v) is 4.89. The van der Waals surface area contributed by atoms with Crippen molar-refractivity contribution in [1.82, 2.24) is 5.43 Å². The first kappa shape index (κ1) is 14.1. The highest BCUT2D eigenvalue weighted by molar-refractivity contribution is 5.75. The average Bonchev–Trinajstić information content (AvgIpc) is 2.29. The van der Waals surface area contributed by atoms with Gasteiger partial charge in [-0.05, 0) is 24.3 Å². The molecule has 0 bridgehead atoms. The SMILES string of the molecule is NNC(=O)CCOc1ccc(OC(F)(F)F)cc1. The van der Waals surface area contributed by atoms with Crippen LogP contribution in [0.1, 0.15) is 6.42 Å². The quantitative estimate of drug-likeness (QED) is 0.478. The molecule has 1 rings (SSSR count). The number of amides is 1. The van der Waals surface area contributed by atoms with Crippen molar-refractivity contribution in [3.63, 3.8) is 0 Å². The third-order valence-electron chi connectivity index (χ3n) is 1.82. The molecular formula is C10H11F3N2O3. The van der Waals surface area contributed by atoms with E-state index >= 15 is 0 Å². The number of carbonyl (C=O) groups is 1. The predicted octanol–water partition coefficient (Wildman–Crippen LogP) is 1.34. The summed E-state index contributed by atoms with van der Waals surface area (Å²) in [4.78, 5) is 10.8. The number of alkyl halides is 3. The zero-order valence-electron chi connectivity index (χ0n) is 9.16. The molecule has 100 valence electrons. The van der Waals surface area contributed by atoms with E-state index in [0.717, 1.165) is 12.1 Å². The normalized spacial score (nSPS) is 10.9. The molecule has 8 heteroatoms. The summed E-state index contributed by atoms with van der Waals surface area (Å²) in [6.45, 7) is 0.0719. The monoisotopic (exact) mass is 264 g/mol. The summed E-state index contributed by atoms with van der Waals surface area (Å²) in [7, 11) is 0. The van der Waals surface area contributed by atoms with Gasteiger partial charge in [0.2, 0.25) is 5.91 Å². The van der Waals surface area contributed by atoms with Crippen molar-refractivity contribution >= 4 is 5.91 Å². The van der Waals surface area contributed by atoms with Crippen LogP contribution in [0.5, 0.6) is 11.5 Å². The lowest BCUT2D eigenvalue weighted by atomic mass is 10.3. The smallest absolute Gasteiger partial charge is 0.493 e. The van der Waals surface area contributed by atoms with Gasteiger partial charge in [0.15, 0.2) is 0 Å². The Balaban J connectivity index is 2.43. The molecule has 0 spiro atoms. The molecule has 0 aliphatic carbocycles. The number of hydrogen-bond donors (Lipinski definition) is 2.